The van der Waals surface area contributed by atoms with Crippen molar-refractivity contribution < 1.29 is 4.79 Å². The standard InChI is InChI=1S/C23H45NOS/c1-4-5-6-7-8-9-10-11-12-13-14-15-16-17-18-20-23(25)26-22-19-21-24(2)3/h11-12H,4-10,13-22H2,1-3H3/b12-11-. The molecule has 0 heterocycles. The number of allylic oxidation sites excluding steroid dienone is 2. The van der Waals surface area contributed by atoms with E-state index in [1.807, 2.05) is 0 Å². The predicted octanol–water partition coefficient (Wildman–Crippen LogP) is 7.24. The second-order valence-electron chi connectivity index (χ2n) is 7.71. The van der Waals surface area contributed by atoms with Gasteiger partial charge in [-0.3, -0.25) is 4.79 Å². The van der Waals surface area contributed by atoms with Crippen LogP contribution in [0.4, 0.5) is 0 Å². The topological polar surface area (TPSA) is 20.3 Å². The average Bonchev–Trinajstić information content (AvgIpc) is 2.62. The van der Waals surface area contributed by atoms with E-state index in [1.54, 1.807) is 0 Å². The van der Waals surface area contributed by atoms with Gasteiger partial charge in [-0.25, -0.2) is 0 Å². The van der Waals surface area contributed by atoms with Crippen LogP contribution in [0.15, 0.2) is 12.2 Å². The molecule has 0 saturated heterocycles. The summed E-state index contributed by atoms with van der Waals surface area (Å²) in [5.74, 6) is 0.974. The molecule has 0 unspecified atom stereocenters. The fraction of sp³-hybridized carbons (Fsp3) is 0.870. The van der Waals surface area contributed by atoms with Crippen LogP contribution in [0.1, 0.15) is 103 Å². The summed E-state index contributed by atoms with van der Waals surface area (Å²) in [5.41, 5.74) is 0. The Balaban J connectivity index is 3.21. The zero-order valence-corrected chi connectivity index (χ0v) is 18.8. The molecule has 0 amide bonds. The van der Waals surface area contributed by atoms with Crippen LogP contribution in [0.2, 0.25) is 0 Å². The lowest BCUT2D eigenvalue weighted by Crippen LogP contribution is -2.13. The quantitative estimate of drug-likeness (QED) is 0.173. The summed E-state index contributed by atoms with van der Waals surface area (Å²) in [6.07, 6.45) is 23.7. The lowest BCUT2D eigenvalue weighted by Gasteiger charge is -2.08. The van der Waals surface area contributed by atoms with E-state index >= 15 is 0 Å². The van der Waals surface area contributed by atoms with Crippen molar-refractivity contribution in [2.24, 2.45) is 0 Å². The van der Waals surface area contributed by atoms with Gasteiger partial charge in [0.15, 0.2) is 5.12 Å². The minimum absolute atomic E-state index is 0.390. The van der Waals surface area contributed by atoms with Crippen LogP contribution in [0.3, 0.4) is 0 Å². The van der Waals surface area contributed by atoms with Crippen LogP contribution in [0, 0.1) is 0 Å². The molecule has 0 N–H and O–H groups in total. The van der Waals surface area contributed by atoms with E-state index in [1.165, 1.54) is 88.8 Å². The van der Waals surface area contributed by atoms with Gasteiger partial charge in [-0.1, -0.05) is 82.2 Å². The molecule has 0 aliphatic rings. The van der Waals surface area contributed by atoms with Crippen molar-refractivity contribution in [2.75, 3.05) is 26.4 Å². The second kappa shape index (κ2) is 21.0. The fourth-order valence-electron chi connectivity index (χ4n) is 2.98. The highest BCUT2D eigenvalue weighted by atomic mass is 32.2. The van der Waals surface area contributed by atoms with Gasteiger partial charge in [0.25, 0.3) is 0 Å². The minimum atomic E-state index is 0.390. The summed E-state index contributed by atoms with van der Waals surface area (Å²) in [6, 6.07) is 0. The summed E-state index contributed by atoms with van der Waals surface area (Å²) in [6.45, 7) is 3.35. The molecule has 2 nitrogen and oxygen atoms in total. The van der Waals surface area contributed by atoms with Gasteiger partial charge in [-0.2, -0.15) is 0 Å². The molecule has 0 aliphatic carbocycles. The first-order valence-corrected chi connectivity index (χ1v) is 12.1. The maximum Gasteiger partial charge on any atom is 0.188 e. The monoisotopic (exact) mass is 383 g/mol. The molecule has 154 valence electrons. The lowest BCUT2D eigenvalue weighted by atomic mass is 10.1. The highest BCUT2D eigenvalue weighted by molar-refractivity contribution is 8.13. The number of hydrogen-bond acceptors (Lipinski definition) is 3. The molecule has 0 rings (SSSR count). The molecule has 0 atom stereocenters. The Morgan fingerprint density at radius 2 is 1.31 bits per heavy atom. The van der Waals surface area contributed by atoms with E-state index in [-0.39, 0.29) is 0 Å². The van der Waals surface area contributed by atoms with Crippen molar-refractivity contribution in [1.82, 2.24) is 4.90 Å². The molecule has 0 aromatic heterocycles. The number of carbonyl (C=O) groups is 1. The summed E-state index contributed by atoms with van der Waals surface area (Å²) in [7, 11) is 4.16. The first-order chi connectivity index (χ1) is 12.7. The maximum atomic E-state index is 11.8. The third-order valence-corrected chi connectivity index (χ3v) is 5.67. The van der Waals surface area contributed by atoms with Crippen molar-refractivity contribution in [3.8, 4) is 0 Å². The van der Waals surface area contributed by atoms with Gasteiger partial charge in [0, 0.05) is 12.2 Å². The molecule has 3 heteroatoms. The van der Waals surface area contributed by atoms with E-state index in [2.05, 4.69) is 38.1 Å². The number of nitrogens with zero attached hydrogens (tertiary/aromatic N) is 1. The molecule has 0 aromatic carbocycles. The van der Waals surface area contributed by atoms with Crippen molar-refractivity contribution in [3.05, 3.63) is 12.2 Å². The van der Waals surface area contributed by atoms with E-state index in [0.717, 1.165) is 31.6 Å². The van der Waals surface area contributed by atoms with Gasteiger partial charge in [-0.05, 0) is 59.2 Å². The number of carbonyl (C=O) groups excluding carboxylic acids is 1. The fourth-order valence-corrected chi connectivity index (χ4v) is 3.77. The highest BCUT2D eigenvalue weighted by Gasteiger charge is 2.02. The summed E-state index contributed by atoms with van der Waals surface area (Å²) in [5, 5.41) is 0.390. The first kappa shape index (κ1) is 25.7. The molecule has 0 fully saturated rings. The largest absolute Gasteiger partial charge is 0.309 e. The highest BCUT2D eigenvalue weighted by Crippen LogP contribution is 2.13. The minimum Gasteiger partial charge on any atom is -0.309 e. The third-order valence-electron chi connectivity index (χ3n) is 4.66. The van der Waals surface area contributed by atoms with E-state index in [4.69, 9.17) is 0 Å². The average molecular weight is 384 g/mol. The molecule has 0 spiro atoms. The smallest absolute Gasteiger partial charge is 0.188 e. The van der Waals surface area contributed by atoms with Gasteiger partial charge < -0.3 is 4.90 Å². The SMILES string of the molecule is CCCCCCCC/C=C\CCCCCCCC(=O)SCCCN(C)C. The van der Waals surface area contributed by atoms with Gasteiger partial charge in [-0.15, -0.1) is 0 Å². The summed E-state index contributed by atoms with van der Waals surface area (Å²) < 4.78 is 0. The van der Waals surface area contributed by atoms with Gasteiger partial charge in [0.05, 0.1) is 0 Å². The van der Waals surface area contributed by atoms with Crippen molar-refractivity contribution in [3.63, 3.8) is 0 Å². The molecule has 0 radical (unpaired) electrons. The zero-order valence-electron chi connectivity index (χ0n) is 17.9. The zero-order chi connectivity index (χ0) is 19.3. The normalized spacial score (nSPS) is 11.7. The molecular formula is C23H45NOS. The van der Waals surface area contributed by atoms with Gasteiger partial charge in [0.2, 0.25) is 0 Å². The van der Waals surface area contributed by atoms with Crippen molar-refractivity contribution in [2.45, 2.75) is 103 Å². The Bertz CT molecular complexity index is 328. The molecule has 0 aromatic rings. The van der Waals surface area contributed by atoms with Crippen LogP contribution in [0.5, 0.6) is 0 Å². The summed E-state index contributed by atoms with van der Waals surface area (Å²) in [4.78, 5) is 13.9. The lowest BCUT2D eigenvalue weighted by molar-refractivity contribution is -0.111. The van der Waals surface area contributed by atoms with Crippen LogP contribution in [0.25, 0.3) is 0 Å². The Morgan fingerprint density at radius 3 is 1.88 bits per heavy atom. The third kappa shape index (κ3) is 21.8. The molecule has 0 bridgehead atoms. The van der Waals surface area contributed by atoms with Gasteiger partial charge in [0.1, 0.15) is 0 Å². The molecular weight excluding hydrogens is 338 g/mol. The van der Waals surface area contributed by atoms with Gasteiger partial charge >= 0.3 is 0 Å². The number of thioether (sulfide) groups is 1. The van der Waals surface area contributed by atoms with Crippen LogP contribution < -0.4 is 0 Å². The second-order valence-corrected chi connectivity index (χ2v) is 8.86. The Labute approximate surface area is 168 Å². The van der Waals surface area contributed by atoms with E-state index < -0.39 is 0 Å². The Hall–Kier alpha value is -0.280. The molecule has 0 aliphatic heterocycles. The Morgan fingerprint density at radius 1 is 0.769 bits per heavy atom. The number of rotatable bonds is 19. The first-order valence-electron chi connectivity index (χ1n) is 11.1. The van der Waals surface area contributed by atoms with Crippen LogP contribution in [-0.2, 0) is 4.79 Å². The maximum absolute atomic E-state index is 11.8. The summed E-state index contributed by atoms with van der Waals surface area (Å²) >= 11 is 1.53. The van der Waals surface area contributed by atoms with E-state index in [0.29, 0.717) is 5.12 Å². The van der Waals surface area contributed by atoms with Crippen molar-refractivity contribution in [1.29, 1.82) is 0 Å². The molecule has 0 saturated carbocycles. The number of unbranched alkanes of at least 4 members (excludes halogenated alkanes) is 11. The molecule has 26 heavy (non-hydrogen) atoms. The number of hydrogen-bond donors (Lipinski definition) is 0. The predicted molar refractivity (Wildman–Crippen MR) is 120 cm³/mol. The van der Waals surface area contributed by atoms with Crippen molar-refractivity contribution >= 4 is 16.9 Å². The van der Waals surface area contributed by atoms with Crippen LogP contribution in [-0.4, -0.2) is 36.4 Å². The van der Waals surface area contributed by atoms with E-state index in [9.17, 15) is 4.79 Å². The Kier molecular flexibility index (Phi) is 20.8. The van der Waals surface area contributed by atoms with Crippen LogP contribution >= 0.6 is 11.8 Å².